The third-order valence-corrected chi connectivity index (χ3v) is 2.94. The molecule has 1 unspecified atom stereocenters. The molecule has 0 heterocycles. The van der Waals surface area contributed by atoms with Gasteiger partial charge in [-0.15, -0.1) is 0 Å². The van der Waals surface area contributed by atoms with Crippen molar-refractivity contribution in [3.8, 4) is 5.75 Å². The molecule has 0 spiro atoms. The van der Waals surface area contributed by atoms with E-state index in [0.717, 1.165) is 11.3 Å². The number of halogens is 4. The zero-order valence-corrected chi connectivity index (χ0v) is 12.3. The van der Waals surface area contributed by atoms with Crippen LogP contribution in [0.2, 0.25) is 0 Å². The van der Waals surface area contributed by atoms with Gasteiger partial charge in [-0.2, -0.15) is 13.2 Å². The summed E-state index contributed by atoms with van der Waals surface area (Å²) >= 11 is 3.30. The van der Waals surface area contributed by atoms with Crippen LogP contribution in [-0.4, -0.2) is 25.5 Å². The van der Waals surface area contributed by atoms with Gasteiger partial charge in [-0.25, -0.2) is 0 Å². The molecule has 1 aromatic carbocycles. The van der Waals surface area contributed by atoms with Crippen molar-refractivity contribution in [2.75, 3.05) is 13.2 Å². The highest BCUT2D eigenvalue weighted by atomic mass is 79.9. The van der Waals surface area contributed by atoms with Gasteiger partial charge in [0.1, 0.15) is 12.4 Å². The Morgan fingerprint density at radius 1 is 1.16 bits per heavy atom. The monoisotopic (exact) mass is 340 g/mol. The van der Waals surface area contributed by atoms with Crippen LogP contribution in [0.25, 0.3) is 0 Å². The summed E-state index contributed by atoms with van der Waals surface area (Å²) in [6.45, 7) is 2.58. The van der Waals surface area contributed by atoms with Crippen LogP contribution >= 0.6 is 15.9 Å². The second-order valence-electron chi connectivity index (χ2n) is 4.33. The van der Waals surface area contributed by atoms with E-state index in [2.05, 4.69) is 20.7 Å². The van der Waals surface area contributed by atoms with E-state index in [-0.39, 0.29) is 17.5 Å². The second-order valence-corrected chi connectivity index (χ2v) is 5.44. The maximum absolute atomic E-state index is 11.9. The lowest BCUT2D eigenvalue weighted by Gasteiger charge is -2.14. The first kappa shape index (κ1) is 16.3. The predicted octanol–water partition coefficient (Wildman–Crippen LogP) is 4.49. The van der Waals surface area contributed by atoms with Gasteiger partial charge in [0.25, 0.3) is 0 Å². The minimum atomic E-state index is -4.29. The highest BCUT2D eigenvalue weighted by Gasteiger charge is 2.27. The lowest BCUT2D eigenvalue weighted by Crippen LogP contribution is -2.18. The summed E-state index contributed by atoms with van der Waals surface area (Å²) in [5, 5.41) is 0. The van der Waals surface area contributed by atoms with E-state index in [4.69, 9.17) is 4.74 Å². The van der Waals surface area contributed by atoms with E-state index >= 15 is 0 Å². The molecule has 1 rings (SSSR count). The van der Waals surface area contributed by atoms with E-state index in [1.807, 2.05) is 13.8 Å². The van der Waals surface area contributed by atoms with Crippen LogP contribution in [0.15, 0.2) is 24.3 Å². The number of benzene rings is 1. The van der Waals surface area contributed by atoms with Gasteiger partial charge in [0.15, 0.2) is 0 Å². The molecule has 0 aliphatic carbocycles. The molecule has 0 N–H and O–H groups in total. The summed E-state index contributed by atoms with van der Waals surface area (Å²) < 4.78 is 45.9. The number of hydrogen-bond acceptors (Lipinski definition) is 2. The zero-order chi connectivity index (χ0) is 14.5. The van der Waals surface area contributed by atoms with Crippen LogP contribution < -0.4 is 4.74 Å². The zero-order valence-electron chi connectivity index (χ0n) is 10.7. The first-order valence-corrected chi connectivity index (χ1v) is 6.74. The number of hydrogen-bond donors (Lipinski definition) is 0. The standard InChI is InChI=1S/C13H16BrF3O2/c1-9(2)19-11-5-3-10(4-6-11)12(14)7-18-8-13(15,16)17/h3-6,9,12H,7-8H2,1-2H3. The number of rotatable bonds is 6. The third-order valence-electron chi connectivity index (χ3n) is 2.14. The maximum atomic E-state index is 11.9. The van der Waals surface area contributed by atoms with Crippen molar-refractivity contribution in [1.29, 1.82) is 0 Å². The minimum absolute atomic E-state index is 0.0378. The molecule has 0 amide bonds. The van der Waals surface area contributed by atoms with Crippen LogP contribution in [0, 0.1) is 0 Å². The normalized spacial score (nSPS) is 13.6. The molecular weight excluding hydrogens is 325 g/mol. The topological polar surface area (TPSA) is 18.5 Å². The molecule has 0 radical (unpaired) electrons. The summed E-state index contributed by atoms with van der Waals surface area (Å²) in [7, 11) is 0. The number of ether oxygens (including phenoxy) is 2. The number of alkyl halides is 4. The van der Waals surface area contributed by atoms with E-state index in [1.54, 1.807) is 24.3 Å². The molecule has 108 valence electrons. The first-order chi connectivity index (χ1) is 8.78. The molecule has 0 bridgehead atoms. The van der Waals surface area contributed by atoms with Crippen molar-refractivity contribution in [3.05, 3.63) is 29.8 Å². The fourth-order valence-electron chi connectivity index (χ4n) is 1.40. The predicted molar refractivity (Wildman–Crippen MR) is 70.7 cm³/mol. The molecule has 0 fully saturated rings. The molecule has 0 aromatic heterocycles. The summed E-state index contributed by atoms with van der Waals surface area (Å²) in [6, 6.07) is 7.17. The molecule has 0 saturated carbocycles. The van der Waals surface area contributed by atoms with Crippen molar-refractivity contribution < 1.29 is 22.6 Å². The van der Waals surface area contributed by atoms with Gasteiger partial charge >= 0.3 is 6.18 Å². The first-order valence-electron chi connectivity index (χ1n) is 5.83. The Bertz CT molecular complexity index is 376. The molecule has 0 aliphatic rings. The summed E-state index contributed by atoms with van der Waals surface area (Å²) in [5.41, 5.74) is 0.846. The molecule has 2 nitrogen and oxygen atoms in total. The average Bonchev–Trinajstić information content (AvgIpc) is 2.27. The average molecular weight is 341 g/mol. The quantitative estimate of drug-likeness (QED) is 0.710. The van der Waals surface area contributed by atoms with Crippen molar-refractivity contribution in [3.63, 3.8) is 0 Å². The molecule has 19 heavy (non-hydrogen) atoms. The van der Waals surface area contributed by atoms with Crippen molar-refractivity contribution >= 4 is 15.9 Å². The van der Waals surface area contributed by atoms with Crippen molar-refractivity contribution in [1.82, 2.24) is 0 Å². The van der Waals surface area contributed by atoms with Crippen molar-refractivity contribution in [2.24, 2.45) is 0 Å². The second kappa shape index (κ2) is 7.14. The Morgan fingerprint density at radius 3 is 2.21 bits per heavy atom. The lowest BCUT2D eigenvalue weighted by molar-refractivity contribution is -0.173. The summed E-state index contributed by atoms with van der Waals surface area (Å²) in [4.78, 5) is -0.275. The largest absolute Gasteiger partial charge is 0.491 e. The Morgan fingerprint density at radius 2 is 1.74 bits per heavy atom. The Kier molecular flexibility index (Phi) is 6.13. The van der Waals surface area contributed by atoms with Crippen LogP contribution in [0.5, 0.6) is 5.75 Å². The van der Waals surface area contributed by atoms with Gasteiger partial charge in [-0.3, -0.25) is 0 Å². The fourth-order valence-corrected chi connectivity index (χ4v) is 1.89. The Balaban J connectivity index is 2.46. The van der Waals surface area contributed by atoms with Crippen LogP contribution in [0.3, 0.4) is 0 Å². The van der Waals surface area contributed by atoms with Gasteiger partial charge in [-0.05, 0) is 31.5 Å². The molecule has 1 aromatic rings. The van der Waals surface area contributed by atoms with E-state index in [0.29, 0.717) is 0 Å². The third kappa shape index (κ3) is 6.82. The smallest absolute Gasteiger partial charge is 0.411 e. The van der Waals surface area contributed by atoms with Gasteiger partial charge in [0.2, 0.25) is 0 Å². The minimum Gasteiger partial charge on any atom is -0.491 e. The summed E-state index contributed by atoms with van der Waals surface area (Å²) in [5.74, 6) is 0.731. The SMILES string of the molecule is CC(C)Oc1ccc(C(Br)COCC(F)(F)F)cc1. The lowest BCUT2D eigenvalue weighted by atomic mass is 10.1. The van der Waals surface area contributed by atoms with Crippen LogP contribution in [0.1, 0.15) is 24.2 Å². The molecule has 0 aliphatic heterocycles. The van der Waals surface area contributed by atoms with Gasteiger partial charge in [0.05, 0.1) is 17.5 Å². The Labute approximate surface area is 119 Å². The van der Waals surface area contributed by atoms with Gasteiger partial charge < -0.3 is 9.47 Å². The Hall–Kier alpha value is -0.750. The maximum Gasteiger partial charge on any atom is 0.411 e. The molecule has 6 heteroatoms. The van der Waals surface area contributed by atoms with Crippen LogP contribution in [0.4, 0.5) is 13.2 Å². The molecule has 1 atom stereocenters. The van der Waals surface area contributed by atoms with E-state index in [9.17, 15) is 13.2 Å². The van der Waals surface area contributed by atoms with Gasteiger partial charge in [-0.1, -0.05) is 28.1 Å². The van der Waals surface area contributed by atoms with Crippen LogP contribution in [-0.2, 0) is 4.74 Å². The van der Waals surface area contributed by atoms with Crippen molar-refractivity contribution in [2.45, 2.75) is 31.0 Å². The highest BCUT2D eigenvalue weighted by molar-refractivity contribution is 9.09. The van der Waals surface area contributed by atoms with E-state index in [1.165, 1.54) is 0 Å². The molecule has 0 saturated heterocycles. The van der Waals surface area contributed by atoms with Gasteiger partial charge in [0, 0.05) is 0 Å². The fraction of sp³-hybridized carbons (Fsp3) is 0.538. The van der Waals surface area contributed by atoms with E-state index < -0.39 is 12.8 Å². The summed E-state index contributed by atoms with van der Waals surface area (Å²) in [6.07, 6.45) is -4.21. The highest BCUT2D eigenvalue weighted by Crippen LogP contribution is 2.26. The molecular formula is C13H16BrF3O2.